The van der Waals surface area contributed by atoms with Crippen LogP contribution in [0.5, 0.6) is 0 Å². The zero-order valence-corrected chi connectivity index (χ0v) is 20.3. The van der Waals surface area contributed by atoms with E-state index in [0.717, 1.165) is 31.5 Å². The van der Waals surface area contributed by atoms with Crippen LogP contribution in [0.15, 0.2) is 64.0 Å². The number of rotatable bonds is 9. The Bertz CT molecular complexity index is 1230. The molecule has 0 bridgehead atoms. The summed E-state index contributed by atoms with van der Waals surface area (Å²) < 4.78 is 38.7. The highest BCUT2D eigenvalue weighted by Gasteiger charge is 2.27. The van der Waals surface area contributed by atoms with Crippen LogP contribution in [-0.2, 0) is 21.4 Å². The molecule has 1 aliphatic rings. The Morgan fingerprint density at radius 3 is 2.47 bits per heavy atom. The molecule has 8 nitrogen and oxygen atoms in total. The van der Waals surface area contributed by atoms with Gasteiger partial charge in [-0.1, -0.05) is 44.2 Å². The smallest absolute Gasteiger partial charge is 0.340 e. The van der Waals surface area contributed by atoms with Crippen LogP contribution in [-0.4, -0.2) is 49.9 Å². The van der Waals surface area contributed by atoms with Gasteiger partial charge in [-0.05, 0) is 31.0 Å². The monoisotopic (exact) mass is 483 g/mol. The van der Waals surface area contributed by atoms with Gasteiger partial charge in [0.15, 0.2) is 12.4 Å². The van der Waals surface area contributed by atoms with Gasteiger partial charge in [-0.3, -0.25) is 0 Å². The number of aromatic nitrogens is 1. The van der Waals surface area contributed by atoms with Gasteiger partial charge in [0.25, 0.3) is 0 Å². The predicted octanol–water partition coefficient (Wildman–Crippen LogP) is 4.33. The lowest BCUT2D eigenvalue weighted by atomic mass is 10.1. The summed E-state index contributed by atoms with van der Waals surface area (Å²) in [6.45, 7) is 5.73. The number of benzene rings is 2. The Kier molecular flexibility index (Phi) is 7.33. The second kappa shape index (κ2) is 10.4. The summed E-state index contributed by atoms with van der Waals surface area (Å²) in [6.07, 6.45) is 3.63. The Balaban J connectivity index is 1.58. The lowest BCUT2D eigenvalue weighted by molar-refractivity contribution is 0.0439. The molecule has 34 heavy (non-hydrogen) atoms. The van der Waals surface area contributed by atoms with Crippen molar-refractivity contribution in [3.8, 4) is 11.3 Å². The van der Waals surface area contributed by atoms with Crippen LogP contribution in [0.4, 0.5) is 5.69 Å². The first kappa shape index (κ1) is 24.0. The maximum atomic E-state index is 13.1. The van der Waals surface area contributed by atoms with Gasteiger partial charge in [-0.25, -0.2) is 18.2 Å². The first-order valence-electron chi connectivity index (χ1n) is 11.5. The topological polar surface area (TPSA) is 93.0 Å². The standard InChI is InChI=1S/C25H29N3O5S/c1-3-28(4-2)34(30,31)20-12-13-22(27-14-8-9-15-27)21(16-20)25(29)32-18-24-26-17-23(33-24)19-10-6-5-7-11-19/h5-7,10-13,16-17H,3-4,8-9,14-15,18H2,1-2H3. The summed E-state index contributed by atoms with van der Waals surface area (Å²) >= 11 is 0. The lowest BCUT2D eigenvalue weighted by Crippen LogP contribution is -2.31. The Morgan fingerprint density at radius 1 is 1.09 bits per heavy atom. The molecule has 1 aliphatic heterocycles. The molecular formula is C25H29N3O5S. The molecule has 0 spiro atoms. The van der Waals surface area contributed by atoms with Crippen LogP contribution < -0.4 is 4.90 Å². The van der Waals surface area contributed by atoms with Gasteiger partial charge >= 0.3 is 5.97 Å². The molecule has 0 atom stereocenters. The van der Waals surface area contributed by atoms with Crippen molar-refractivity contribution in [1.82, 2.24) is 9.29 Å². The van der Waals surface area contributed by atoms with E-state index < -0.39 is 16.0 Å². The van der Waals surface area contributed by atoms with Gasteiger partial charge in [-0.2, -0.15) is 4.31 Å². The Hall–Kier alpha value is -3.17. The first-order valence-corrected chi connectivity index (χ1v) is 12.9. The molecule has 4 rings (SSSR count). The minimum Gasteiger partial charge on any atom is -0.452 e. The van der Waals surface area contributed by atoms with Crippen LogP contribution in [0, 0.1) is 0 Å². The van der Waals surface area contributed by atoms with E-state index in [4.69, 9.17) is 9.15 Å². The molecule has 1 saturated heterocycles. The minimum atomic E-state index is -3.72. The third-order valence-corrected chi connectivity index (χ3v) is 7.96. The molecule has 2 aromatic carbocycles. The van der Waals surface area contributed by atoms with Gasteiger partial charge in [0.05, 0.1) is 22.3 Å². The molecule has 0 saturated carbocycles. The molecule has 3 aromatic rings. The quantitative estimate of drug-likeness (QED) is 0.418. The van der Waals surface area contributed by atoms with E-state index in [-0.39, 0.29) is 23.0 Å². The highest BCUT2D eigenvalue weighted by molar-refractivity contribution is 7.89. The number of carbonyl (C=O) groups excluding carboxylic acids is 1. The summed E-state index contributed by atoms with van der Waals surface area (Å²) in [5, 5.41) is 0. The van der Waals surface area contributed by atoms with Crippen molar-refractivity contribution in [3.63, 3.8) is 0 Å². The van der Waals surface area contributed by atoms with Crippen molar-refractivity contribution in [2.45, 2.75) is 38.2 Å². The van der Waals surface area contributed by atoms with Crippen molar-refractivity contribution in [2.24, 2.45) is 0 Å². The first-order chi connectivity index (χ1) is 16.4. The number of anilines is 1. The molecule has 0 amide bonds. The van der Waals surface area contributed by atoms with Gasteiger partial charge in [0.1, 0.15) is 0 Å². The number of oxazole rings is 1. The average Bonchev–Trinajstić information content (AvgIpc) is 3.56. The highest BCUT2D eigenvalue weighted by Crippen LogP contribution is 2.29. The number of ether oxygens (including phenoxy) is 1. The molecule has 0 radical (unpaired) electrons. The van der Waals surface area contributed by atoms with E-state index in [9.17, 15) is 13.2 Å². The molecule has 0 N–H and O–H groups in total. The Morgan fingerprint density at radius 2 is 1.79 bits per heavy atom. The fraction of sp³-hybridized carbons (Fsp3) is 0.360. The minimum absolute atomic E-state index is 0.0774. The number of esters is 1. The van der Waals surface area contributed by atoms with E-state index in [0.29, 0.717) is 24.5 Å². The van der Waals surface area contributed by atoms with Crippen molar-refractivity contribution in [2.75, 3.05) is 31.1 Å². The summed E-state index contributed by atoms with van der Waals surface area (Å²) in [5.41, 5.74) is 1.78. The molecule has 1 aromatic heterocycles. The molecule has 9 heteroatoms. The third-order valence-electron chi connectivity index (χ3n) is 5.92. The van der Waals surface area contributed by atoms with Crippen LogP contribution in [0.1, 0.15) is 42.9 Å². The predicted molar refractivity (Wildman–Crippen MR) is 129 cm³/mol. The van der Waals surface area contributed by atoms with Crippen LogP contribution in [0.3, 0.4) is 0 Å². The summed E-state index contributed by atoms with van der Waals surface area (Å²) in [4.78, 5) is 19.5. The molecule has 180 valence electrons. The summed E-state index contributed by atoms with van der Waals surface area (Å²) in [6, 6.07) is 14.2. The second-order valence-electron chi connectivity index (χ2n) is 8.02. The third kappa shape index (κ3) is 5.00. The SMILES string of the molecule is CCN(CC)S(=O)(=O)c1ccc(N2CCCC2)c(C(=O)OCc2ncc(-c3ccccc3)o2)c1. The maximum absolute atomic E-state index is 13.1. The molecule has 0 aliphatic carbocycles. The summed E-state index contributed by atoms with van der Waals surface area (Å²) in [7, 11) is -3.72. The van der Waals surface area contributed by atoms with Gasteiger partial charge in [0, 0.05) is 31.7 Å². The number of hydrogen-bond donors (Lipinski definition) is 0. The van der Waals surface area contributed by atoms with Crippen LogP contribution in [0.2, 0.25) is 0 Å². The van der Waals surface area contributed by atoms with Crippen molar-refractivity contribution >= 4 is 21.7 Å². The van der Waals surface area contributed by atoms with E-state index in [1.165, 1.54) is 10.4 Å². The number of carbonyl (C=O) groups is 1. The number of nitrogens with zero attached hydrogens (tertiary/aromatic N) is 3. The lowest BCUT2D eigenvalue weighted by Gasteiger charge is -2.23. The highest BCUT2D eigenvalue weighted by atomic mass is 32.2. The van der Waals surface area contributed by atoms with E-state index >= 15 is 0 Å². The molecule has 0 unspecified atom stereocenters. The average molecular weight is 484 g/mol. The maximum Gasteiger partial charge on any atom is 0.340 e. The van der Waals surface area contributed by atoms with Crippen molar-refractivity contribution in [3.05, 3.63) is 66.2 Å². The van der Waals surface area contributed by atoms with Crippen molar-refractivity contribution < 1.29 is 22.4 Å². The molecule has 1 fully saturated rings. The summed E-state index contributed by atoms with van der Waals surface area (Å²) in [5.74, 6) is 0.233. The van der Waals surface area contributed by atoms with Crippen LogP contribution in [0.25, 0.3) is 11.3 Å². The van der Waals surface area contributed by atoms with E-state index in [1.807, 2.05) is 30.3 Å². The molecule has 2 heterocycles. The van der Waals surface area contributed by atoms with E-state index in [2.05, 4.69) is 9.88 Å². The van der Waals surface area contributed by atoms with Gasteiger partial charge in [-0.15, -0.1) is 0 Å². The number of hydrogen-bond acceptors (Lipinski definition) is 7. The van der Waals surface area contributed by atoms with Crippen LogP contribution >= 0.6 is 0 Å². The zero-order valence-electron chi connectivity index (χ0n) is 19.4. The fourth-order valence-electron chi connectivity index (χ4n) is 4.10. The normalized spacial score (nSPS) is 14.0. The van der Waals surface area contributed by atoms with Gasteiger partial charge < -0.3 is 14.1 Å². The Labute approximate surface area is 200 Å². The van der Waals surface area contributed by atoms with E-state index in [1.54, 1.807) is 32.2 Å². The van der Waals surface area contributed by atoms with Gasteiger partial charge in [0.2, 0.25) is 15.9 Å². The zero-order chi connectivity index (χ0) is 24.1. The van der Waals surface area contributed by atoms with Crippen molar-refractivity contribution in [1.29, 1.82) is 0 Å². The second-order valence-corrected chi connectivity index (χ2v) is 9.96. The number of sulfonamides is 1. The molecular weight excluding hydrogens is 454 g/mol. The largest absolute Gasteiger partial charge is 0.452 e. The fourth-order valence-corrected chi connectivity index (χ4v) is 5.59.